The van der Waals surface area contributed by atoms with E-state index in [2.05, 4.69) is 5.32 Å². The molecule has 1 amide bonds. The highest BCUT2D eigenvalue weighted by atomic mass is 32.2. The molecule has 1 N–H and O–H groups in total. The van der Waals surface area contributed by atoms with Crippen LogP contribution in [0.5, 0.6) is 11.5 Å². The number of amides is 1. The number of sulfonamides is 1. The van der Waals surface area contributed by atoms with E-state index in [1.165, 1.54) is 33.0 Å². The summed E-state index contributed by atoms with van der Waals surface area (Å²) in [4.78, 5) is 13.6. The normalized spacial score (nSPS) is 15.0. The van der Waals surface area contributed by atoms with Crippen molar-refractivity contribution < 1.29 is 22.7 Å². The fourth-order valence-electron chi connectivity index (χ4n) is 3.19. The fourth-order valence-corrected chi connectivity index (χ4v) is 5.11. The Kier molecular flexibility index (Phi) is 5.81. The molecule has 0 aliphatic carbocycles. The second kappa shape index (κ2) is 8.00. The van der Waals surface area contributed by atoms with Crippen LogP contribution in [0.25, 0.3) is 5.57 Å². The van der Waals surface area contributed by atoms with Gasteiger partial charge in [-0.15, -0.1) is 11.8 Å². The van der Waals surface area contributed by atoms with Crippen LogP contribution in [0.1, 0.15) is 12.5 Å². The molecule has 1 aliphatic rings. The van der Waals surface area contributed by atoms with E-state index in [9.17, 15) is 13.2 Å². The number of nitrogens with one attached hydrogen (secondary N) is 1. The fraction of sp³-hybridized carbons (Fsp3) is 0.250. The largest absolute Gasteiger partial charge is 0.493 e. The summed E-state index contributed by atoms with van der Waals surface area (Å²) in [5.41, 5.74) is 1.87. The maximum absolute atomic E-state index is 13.1. The number of methoxy groups -OCH3 is 2. The number of rotatable bonds is 5. The number of allylic oxidation sites excluding steroid dienone is 1. The van der Waals surface area contributed by atoms with Crippen molar-refractivity contribution in [2.75, 3.05) is 37.1 Å². The predicted octanol–water partition coefficient (Wildman–Crippen LogP) is 3.58. The van der Waals surface area contributed by atoms with Gasteiger partial charge in [-0.1, -0.05) is 6.07 Å². The Balaban J connectivity index is 2.13. The van der Waals surface area contributed by atoms with Crippen LogP contribution >= 0.6 is 11.8 Å². The third-order valence-corrected chi connectivity index (χ3v) is 7.39. The van der Waals surface area contributed by atoms with Crippen LogP contribution < -0.4 is 19.1 Å². The number of benzene rings is 2. The summed E-state index contributed by atoms with van der Waals surface area (Å²) in [6.45, 7) is 1.61. The summed E-state index contributed by atoms with van der Waals surface area (Å²) in [7, 11) is 0.343. The van der Waals surface area contributed by atoms with E-state index in [1.807, 2.05) is 12.3 Å². The average Bonchev–Trinajstić information content (AvgIpc) is 2.71. The molecular weight excluding hydrogens is 412 g/mol. The minimum atomic E-state index is -4.05. The number of carbonyl (C=O) groups excluding carboxylic acids is 1. The van der Waals surface area contributed by atoms with Gasteiger partial charge in [-0.3, -0.25) is 9.10 Å². The molecule has 0 aromatic heterocycles. The van der Waals surface area contributed by atoms with Crippen LogP contribution in [0.4, 0.5) is 11.4 Å². The van der Waals surface area contributed by atoms with E-state index in [-0.39, 0.29) is 4.91 Å². The summed E-state index contributed by atoms with van der Waals surface area (Å²) < 4.78 is 38.0. The molecule has 154 valence electrons. The molecule has 9 heteroatoms. The Morgan fingerprint density at radius 3 is 2.38 bits per heavy atom. The lowest BCUT2D eigenvalue weighted by Gasteiger charge is -2.30. The molecule has 0 fully saturated rings. The molecule has 29 heavy (non-hydrogen) atoms. The van der Waals surface area contributed by atoms with E-state index in [4.69, 9.17) is 9.47 Å². The molecule has 0 saturated carbocycles. The smallest absolute Gasteiger partial charge is 0.269 e. The van der Waals surface area contributed by atoms with Crippen LogP contribution in [0.2, 0.25) is 0 Å². The van der Waals surface area contributed by atoms with Crippen molar-refractivity contribution in [2.24, 2.45) is 0 Å². The molecule has 0 spiro atoms. The molecule has 7 nitrogen and oxygen atoms in total. The van der Waals surface area contributed by atoms with E-state index >= 15 is 0 Å². The number of thioether (sulfide) groups is 1. The van der Waals surface area contributed by atoms with E-state index in [0.717, 1.165) is 9.20 Å². The maximum Gasteiger partial charge on any atom is 0.269 e. The Bertz CT molecular complexity index is 1110. The summed E-state index contributed by atoms with van der Waals surface area (Å²) >= 11 is 1.53. The lowest BCUT2D eigenvalue weighted by atomic mass is 10.0. The van der Waals surface area contributed by atoms with Crippen molar-refractivity contribution in [1.82, 2.24) is 0 Å². The number of fused-ring (bicyclic) bond motifs is 1. The van der Waals surface area contributed by atoms with Gasteiger partial charge >= 0.3 is 0 Å². The van der Waals surface area contributed by atoms with Gasteiger partial charge in [-0.25, -0.2) is 8.42 Å². The zero-order valence-electron chi connectivity index (χ0n) is 16.8. The highest BCUT2D eigenvalue weighted by Gasteiger charge is 2.38. The standard InChI is InChI=1S/C20H22N2O5S2/c1-12-15-10-17(26-3)18(27-4)11-16(15)22(2)29(24,25)19(12)20(23)21-13-7-6-8-14(9-13)28-5/h6-11H,1-5H3,(H,21,23). The van der Waals surface area contributed by atoms with Crippen LogP contribution in [-0.2, 0) is 14.8 Å². The van der Waals surface area contributed by atoms with Gasteiger partial charge in [0, 0.05) is 29.3 Å². The quantitative estimate of drug-likeness (QED) is 0.724. The molecule has 1 heterocycles. The Labute approximate surface area is 174 Å². The van der Waals surface area contributed by atoms with E-state index in [1.54, 1.807) is 37.3 Å². The summed E-state index contributed by atoms with van der Waals surface area (Å²) in [5, 5.41) is 2.70. The molecule has 0 saturated heterocycles. The Hall–Kier alpha value is -2.65. The van der Waals surface area contributed by atoms with Crippen molar-refractivity contribution in [1.29, 1.82) is 0 Å². The lowest BCUT2D eigenvalue weighted by molar-refractivity contribution is -0.112. The van der Waals surface area contributed by atoms with Crippen molar-refractivity contribution in [3.63, 3.8) is 0 Å². The van der Waals surface area contributed by atoms with E-state index < -0.39 is 15.9 Å². The van der Waals surface area contributed by atoms with Gasteiger partial charge in [0.15, 0.2) is 16.4 Å². The first-order valence-electron chi connectivity index (χ1n) is 8.66. The zero-order valence-corrected chi connectivity index (χ0v) is 18.4. The molecule has 0 atom stereocenters. The maximum atomic E-state index is 13.1. The molecule has 0 unspecified atom stereocenters. The molecule has 3 rings (SSSR count). The molecule has 2 aromatic rings. The lowest BCUT2D eigenvalue weighted by Crippen LogP contribution is -2.36. The Morgan fingerprint density at radius 2 is 1.76 bits per heavy atom. The molecule has 0 bridgehead atoms. The van der Waals surface area contributed by atoms with Gasteiger partial charge < -0.3 is 14.8 Å². The van der Waals surface area contributed by atoms with Crippen LogP contribution in [0.3, 0.4) is 0 Å². The first kappa shape index (κ1) is 21.1. The Morgan fingerprint density at radius 1 is 1.10 bits per heavy atom. The SMILES string of the molecule is COc1cc2c(cc1OC)N(C)S(=O)(=O)C(C(=O)Nc1cccc(SC)c1)=C2C. The van der Waals surface area contributed by atoms with Gasteiger partial charge in [0.25, 0.3) is 15.9 Å². The van der Waals surface area contributed by atoms with Crippen LogP contribution in [0, 0.1) is 0 Å². The number of nitrogens with zero attached hydrogens (tertiary/aromatic N) is 1. The second-order valence-electron chi connectivity index (χ2n) is 6.34. The van der Waals surface area contributed by atoms with Crippen LogP contribution in [-0.4, -0.2) is 41.8 Å². The van der Waals surface area contributed by atoms with E-state index in [0.29, 0.717) is 34.0 Å². The number of ether oxygens (including phenoxy) is 2. The summed E-state index contributed by atoms with van der Waals surface area (Å²) in [5.74, 6) is 0.168. The predicted molar refractivity (Wildman–Crippen MR) is 116 cm³/mol. The topological polar surface area (TPSA) is 84.9 Å². The first-order valence-corrected chi connectivity index (χ1v) is 11.3. The number of carbonyl (C=O) groups is 1. The first-order chi connectivity index (χ1) is 13.7. The molecular formula is C20H22N2O5S2. The average molecular weight is 435 g/mol. The van der Waals surface area contributed by atoms with Crippen molar-refractivity contribution in [3.8, 4) is 11.5 Å². The van der Waals surface area contributed by atoms with Crippen molar-refractivity contribution in [2.45, 2.75) is 11.8 Å². The van der Waals surface area contributed by atoms with Gasteiger partial charge in [0.2, 0.25) is 0 Å². The van der Waals surface area contributed by atoms with Gasteiger partial charge in [0.05, 0.1) is 19.9 Å². The molecule has 1 aliphatic heterocycles. The number of anilines is 2. The highest BCUT2D eigenvalue weighted by Crippen LogP contribution is 2.44. The minimum Gasteiger partial charge on any atom is -0.493 e. The van der Waals surface area contributed by atoms with Crippen LogP contribution in [0.15, 0.2) is 46.2 Å². The third kappa shape index (κ3) is 3.67. The van der Waals surface area contributed by atoms with Gasteiger partial charge in [-0.2, -0.15) is 0 Å². The summed E-state index contributed by atoms with van der Waals surface area (Å²) in [6.07, 6.45) is 1.92. The van der Waals surface area contributed by atoms with Gasteiger partial charge in [-0.05, 0) is 43.0 Å². The zero-order chi connectivity index (χ0) is 21.3. The summed E-state index contributed by atoms with van der Waals surface area (Å²) in [6, 6.07) is 10.5. The van der Waals surface area contributed by atoms with Gasteiger partial charge in [0.1, 0.15) is 0 Å². The minimum absolute atomic E-state index is 0.297. The third-order valence-electron chi connectivity index (χ3n) is 4.74. The number of hydrogen-bond acceptors (Lipinski definition) is 6. The monoisotopic (exact) mass is 434 g/mol. The number of hydrogen-bond donors (Lipinski definition) is 1. The van der Waals surface area contributed by atoms with Crippen molar-refractivity contribution >= 4 is 44.6 Å². The van der Waals surface area contributed by atoms with Crippen molar-refractivity contribution in [3.05, 3.63) is 46.9 Å². The molecule has 2 aromatic carbocycles. The molecule has 0 radical (unpaired) electrons. The highest BCUT2D eigenvalue weighted by molar-refractivity contribution is 7.98. The second-order valence-corrected chi connectivity index (χ2v) is 9.12.